The van der Waals surface area contributed by atoms with Crippen LogP contribution in [-0.4, -0.2) is 63.9 Å². The molecule has 0 aromatic carbocycles. The molecule has 0 aromatic heterocycles. The third kappa shape index (κ3) is 32.1. The molecular formula is C39H74NO6+. The van der Waals surface area contributed by atoms with E-state index in [1.807, 2.05) is 0 Å². The van der Waals surface area contributed by atoms with Gasteiger partial charge in [-0.3, -0.25) is 14.4 Å². The molecule has 0 aliphatic rings. The van der Waals surface area contributed by atoms with Crippen molar-refractivity contribution in [2.45, 2.75) is 193 Å². The molecule has 0 saturated heterocycles. The fraction of sp³-hybridized carbons (Fsp3) is 0.872. The Hall–Kier alpha value is -1.89. The van der Waals surface area contributed by atoms with E-state index in [-0.39, 0.29) is 19.3 Å². The van der Waals surface area contributed by atoms with Crippen molar-refractivity contribution in [2.24, 2.45) is 0 Å². The second kappa shape index (κ2) is 33.0. The zero-order valence-electron chi connectivity index (χ0n) is 30.0. The van der Waals surface area contributed by atoms with Gasteiger partial charge in [-0.2, -0.15) is 0 Å². The third-order valence-corrected chi connectivity index (χ3v) is 9.48. The van der Waals surface area contributed by atoms with Crippen molar-refractivity contribution in [1.29, 1.82) is 0 Å². The Morgan fingerprint density at radius 3 is 1.02 bits per heavy atom. The summed E-state index contributed by atoms with van der Waals surface area (Å²) in [5, 5.41) is 27.2. The Kier molecular flexibility index (Phi) is 31.7. The van der Waals surface area contributed by atoms with Crippen LogP contribution in [0.5, 0.6) is 0 Å². The van der Waals surface area contributed by atoms with Crippen LogP contribution in [0.15, 0.2) is 12.2 Å². The number of carboxylic acids is 3. The number of carboxylic acid groups (broad SMARTS) is 3. The van der Waals surface area contributed by atoms with E-state index in [1.165, 1.54) is 116 Å². The second-order valence-electron chi connectivity index (χ2n) is 13.8. The number of allylic oxidation sites excluding steroid dienone is 1. The number of aliphatic carboxylic acids is 3. The van der Waals surface area contributed by atoms with Gasteiger partial charge in [0.2, 0.25) is 0 Å². The molecule has 3 N–H and O–H groups in total. The standard InChI is InChI=1S/C39H73NO6/c1-2-3-4-5-6-7-8-9-10-11-12-13-14-15-16-17-18-19-20-21-22-26-33-40(34-27-23-30-37(41)42,35-28-24-31-38(43)44)36-29-25-32-39(45)46/h21-22H,2-20,23-36H2,1H3,(H2-,41,42,43,44,45,46)/p+1/b22-21+. The topological polar surface area (TPSA) is 112 Å². The Morgan fingerprint density at radius 2 is 0.696 bits per heavy atom. The summed E-state index contributed by atoms with van der Waals surface area (Å²) in [6, 6.07) is 0. The van der Waals surface area contributed by atoms with Gasteiger partial charge >= 0.3 is 17.9 Å². The van der Waals surface area contributed by atoms with Gasteiger partial charge in [-0.25, -0.2) is 0 Å². The van der Waals surface area contributed by atoms with Crippen LogP contribution in [0.25, 0.3) is 0 Å². The molecule has 0 radical (unpaired) electrons. The van der Waals surface area contributed by atoms with Gasteiger partial charge in [0.05, 0.1) is 26.2 Å². The van der Waals surface area contributed by atoms with Gasteiger partial charge in [0.15, 0.2) is 0 Å². The molecular weight excluding hydrogens is 578 g/mol. The first-order valence-corrected chi connectivity index (χ1v) is 19.5. The fourth-order valence-corrected chi connectivity index (χ4v) is 6.59. The maximum absolute atomic E-state index is 11.0. The van der Waals surface area contributed by atoms with Crippen LogP contribution in [0.1, 0.15) is 193 Å². The van der Waals surface area contributed by atoms with E-state index in [2.05, 4.69) is 19.1 Å². The van der Waals surface area contributed by atoms with Crippen molar-refractivity contribution < 1.29 is 34.2 Å². The molecule has 0 rings (SSSR count). The van der Waals surface area contributed by atoms with Crippen LogP contribution in [0.4, 0.5) is 0 Å². The van der Waals surface area contributed by atoms with Gasteiger partial charge in [-0.15, -0.1) is 0 Å². The van der Waals surface area contributed by atoms with E-state index in [0.29, 0.717) is 19.3 Å². The summed E-state index contributed by atoms with van der Waals surface area (Å²) in [4.78, 5) is 33.1. The molecule has 0 amide bonds. The number of hydrogen-bond acceptors (Lipinski definition) is 3. The molecule has 0 aliphatic heterocycles. The van der Waals surface area contributed by atoms with Gasteiger partial charge in [-0.1, -0.05) is 128 Å². The van der Waals surface area contributed by atoms with Crippen LogP contribution in [0, 0.1) is 0 Å². The molecule has 0 fully saturated rings. The zero-order valence-corrected chi connectivity index (χ0v) is 30.0. The van der Waals surface area contributed by atoms with Crippen LogP contribution in [0.2, 0.25) is 0 Å². The summed E-state index contributed by atoms with van der Waals surface area (Å²) < 4.78 is 0.822. The summed E-state index contributed by atoms with van der Waals surface area (Å²) in [6.45, 7) is 5.80. The second-order valence-corrected chi connectivity index (χ2v) is 13.8. The average molecular weight is 653 g/mol. The molecule has 0 heterocycles. The number of rotatable bonds is 37. The first-order valence-electron chi connectivity index (χ1n) is 19.5. The van der Waals surface area contributed by atoms with E-state index in [4.69, 9.17) is 15.3 Å². The molecule has 7 heteroatoms. The number of unbranched alkanes of at least 4 members (excludes halogenated alkanes) is 21. The third-order valence-electron chi connectivity index (χ3n) is 9.48. The summed E-state index contributed by atoms with van der Waals surface area (Å²) in [5.41, 5.74) is 0. The van der Waals surface area contributed by atoms with Crippen LogP contribution in [0.3, 0.4) is 0 Å². The highest BCUT2D eigenvalue weighted by Gasteiger charge is 2.26. The lowest BCUT2D eigenvalue weighted by Crippen LogP contribution is -2.50. The number of hydrogen-bond donors (Lipinski definition) is 3. The number of carbonyl (C=O) groups is 3. The molecule has 0 spiro atoms. The molecule has 0 saturated carbocycles. The molecule has 0 bridgehead atoms. The summed E-state index contributed by atoms with van der Waals surface area (Å²) >= 11 is 0. The van der Waals surface area contributed by atoms with Gasteiger partial charge < -0.3 is 19.8 Å². The Labute approximate surface area is 283 Å². The number of nitrogens with zero attached hydrogens (tertiary/aromatic N) is 1. The molecule has 0 aliphatic carbocycles. The Morgan fingerprint density at radius 1 is 0.391 bits per heavy atom. The minimum absolute atomic E-state index is 0.164. The van der Waals surface area contributed by atoms with Crippen LogP contribution >= 0.6 is 0 Å². The lowest BCUT2D eigenvalue weighted by atomic mass is 10.0. The van der Waals surface area contributed by atoms with Gasteiger partial charge in [0.1, 0.15) is 0 Å². The van der Waals surface area contributed by atoms with Gasteiger partial charge in [0.25, 0.3) is 0 Å². The van der Waals surface area contributed by atoms with Crippen molar-refractivity contribution in [1.82, 2.24) is 0 Å². The van der Waals surface area contributed by atoms with Crippen molar-refractivity contribution in [2.75, 3.05) is 26.2 Å². The Bertz CT molecular complexity index is 698. The molecule has 0 aromatic rings. The van der Waals surface area contributed by atoms with E-state index >= 15 is 0 Å². The average Bonchev–Trinajstić information content (AvgIpc) is 3.02. The molecule has 7 nitrogen and oxygen atoms in total. The summed E-state index contributed by atoms with van der Waals surface area (Å²) in [7, 11) is 0. The monoisotopic (exact) mass is 653 g/mol. The van der Waals surface area contributed by atoms with Gasteiger partial charge in [0, 0.05) is 25.7 Å². The minimum Gasteiger partial charge on any atom is -0.481 e. The highest BCUT2D eigenvalue weighted by molar-refractivity contribution is 5.67. The highest BCUT2D eigenvalue weighted by atomic mass is 16.4. The van der Waals surface area contributed by atoms with E-state index < -0.39 is 17.9 Å². The summed E-state index contributed by atoms with van der Waals surface area (Å²) in [5.74, 6) is -2.32. The van der Waals surface area contributed by atoms with Gasteiger partial charge in [-0.05, 0) is 51.4 Å². The largest absolute Gasteiger partial charge is 0.481 e. The minimum atomic E-state index is -0.775. The normalized spacial score (nSPS) is 11.8. The maximum Gasteiger partial charge on any atom is 0.303 e. The fourth-order valence-electron chi connectivity index (χ4n) is 6.59. The molecule has 46 heavy (non-hydrogen) atoms. The van der Waals surface area contributed by atoms with E-state index in [9.17, 15) is 14.4 Å². The lowest BCUT2D eigenvalue weighted by Gasteiger charge is -2.39. The predicted octanol–water partition coefficient (Wildman–Crippen LogP) is 10.9. The SMILES string of the molecule is CCCCCCCCCCCCCCCCCCCC/C=C/CC[N+](CCCCC(=O)O)(CCCCC(=O)O)CCCCC(=O)O. The van der Waals surface area contributed by atoms with E-state index in [0.717, 1.165) is 62.8 Å². The van der Waals surface area contributed by atoms with Crippen molar-refractivity contribution >= 4 is 17.9 Å². The molecule has 0 unspecified atom stereocenters. The maximum atomic E-state index is 11.0. The van der Waals surface area contributed by atoms with Crippen LogP contribution in [-0.2, 0) is 14.4 Å². The van der Waals surface area contributed by atoms with Crippen molar-refractivity contribution in [3.8, 4) is 0 Å². The molecule has 270 valence electrons. The van der Waals surface area contributed by atoms with Crippen molar-refractivity contribution in [3.63, 3.8) is 0 Å². The molecule has 0 atom stereocenters. The first-order chi connectivity index (χ1) is 22.3. The van der Waals surface area contributed by atoms with Crippen molar-refractivity contribution in [3.05, 3.63) is 12.2 Å². The predicted molar refractivity (Wildman–Crippen MR) is 191 cm³/mol. The van der Waals surface area contributed by atoms with Crippen LogP contribution < -0.4 is 0 Å². The number of quaternary nitrogens is 1. The Balaban J connectivity index is 4.21. The summed E-state index contributed by atoms with van der Waals surface area (Å²) in [6.07, 6.45) is 36.4. The highest BCUT2D eigenvalue weighted by Crippen LogP contribution is 2.19. The lowest BCUT2D eigenvalue weighted by molar-refractivity contribution is -0.928. The smallest absolute Gasteiger partial charge is 0.303 e. The zero-order chi connectivity index (χ0) is 34.0. The quantitative estimate of drug-likeness (QED) is 0.0350. The van der Waals surface area contributed by atoms with E-state index in [1.54, 1.807) is 0 Å². The first kappa shape index (κ1) is 44.1.